The molecule has 0 aliphatic rings. The smallest absolute Gasteiger partial charge is 0.513 e. The Kier molecular flexibility index (Phi) is 4.93. The first-order chi connectivity index (χ1) is 9.75. The lowest BCUT2D eigenvalue weighted by Crippen LogP contribution is -3.00. The standard InChI is InChI=1S/C15H12N2O2S.BrH/c16-14-17(12-8-4-5-9-13(12)20-14)15(18)19-10-11-6-2-1-3-7-11;/h1-9,16H,10H2;1H. The van der Waals surface area contributed by atoms with Crippen molar-refractivity contribution in [2.75, 3.05) is 5.73 Å². The van der Waals surface area contributed by atoms with E-state index in [1.54, 1.807) is 0 Å². The number of nitrogen functional groups attached to an aromatic ring is 1. The number of nitrogens with two attached hydrogens (primary N) is 1. The van der Waals surface area contributed by atoms with E-state index >= 15 is 0 Å². The van der Waals surface area contributed by atoms with Crippen LogP contribution in [0.25, 0.3) is 10.2 Å². The van der Waals surface area contributed by atoms with Gasteiger partial charge in [0, 0.05) is 0 Å². The molecule has 21 heavy (non-hydrogen) atoms. The number of anilines is 1. The van der Waals surface area contributed by atoms with Gasteiger partial charge in [0.25, 0.3) is 0 Å². The number of aromatic nitrogens is 1. The number of carbonyl (C=O) groups is 1. The molecule has 0 saturated heterocycles. The van der Waals surface area contributed by atoms with Gasteiger partial charge in [0.2, 0.25) is 0 Å². The van der Waals surface area contributed by atoms with Gasteiger partial charge < -0.3 is 21.7 Å². The van der Waals surface area contributed by atoms with Crippen LogP contribution < -0.4 is 27.3 Å². The van der Waals surface area contributed by atoms with Crippen molar-refractivity contribution in [3.63, 3.8) is 0 Å². The molecule has 1 heterocycles. The summed E-state index contributed by atoms with van der Waals surface area (Å²) in [6.45, 7) is 0.232. The Morgan fingerprint density at radius 1 is 1.10 bits per heavy atom. The van der Waals surface area contributed by atoms with Crippen molar-refractivity contribution in [1.29, 1.82) is 0 Å². The number of ether oxygens (including phenoxy) is 1. The maximum absolute atomic E-state index is 12.2. The number of hydrogen-bond donors (Lipinski definition) is 1. The fourth-order valence-electron chi connectivity index (χ4n) is 1.98. The Hall–Kier alpha value is -1.92. The molecule has 0 amide bonds. The van der Waals surface area contributed by atoms with Crippen LogP contribution in [0.4, 0.5) is 9.93 Å². The van der Waals surface area contributed by atoms with E-state index in [4.69, 9.17) is 10.5 Å². The van der Waals surface area contributed by atoms with E-state index in [0.29, 0.717) is 5.13 Å². The van der Waals surface area contributed by atoms with Gasteiger partial charge >= 0.3 is 11.2 Å². The summed E-state index contributed by atoms with van der Waals surface area (Å²) >= 11 is 1.37. The summed E-state index contributed by atoms with van der Waals surface area (Å²) < 4.78 is 7.68. The van der Waals surface area contributed by atoms with E-state index in [2.05, 4.69) is 0 Å². The number of fused-ring (bicyclic) bond motifs is 1. The number of nitrogens with zero attached hydrogens (tertiary/aromatic N) is 1. The zero-order chi connectivity index (χ0) is 13.9. The van der Waals surface area contributed by atoms with Gasteiger partial charge in [-0.15, -0.1) is 4.57 Å². The molecule has 0 aliphatic heterocycles. The van der Waals surface area contributed by atoms with Gasteiger partial charge in [0.15, 0.2) is 5.52 Å². The summed E-state index contributed by atoms with van der Waals surface area (Å²) in [4.78, 5) is 12.2. The second-order valence-electron chi connectivity index (χ2n) is 4.28. The van der Waals surface area contributed by atoms with E-state index in [1.165, 1.54) is 15.9 Å². The van der Waals surface area contributed by atoms with Crippen LogP contribution in [0.5, 0.6) is 0 Å². The number of carbonyl (C=O) groups excluding carboxylic acids is 1. The van der Waals surface area contributed by atoms with Crippen molar-refractivity contribution in [3.8, 4) is 0 Å². The Bertz CT molecular complexity index is 759. The minimum absolute atomic E-state index is 0. The monoisotopic (exact) mass is 364 g/mol. The quantitative estimate of drug-likeness (QED) is 0.649. The third kappa shape index (κ3) is 3.22. The number of benzene rings is 2. The van der Waals surface area contributed by atoms with Crippen LogP contribution >= 0.6 is 11.3 Å². The molecule has 3 rings (SSSR count). The van der Waals surface area contributed by atoms with Crippen molar-refractivity contribution in [2.45, 2.75) is 6.61 Å². The molecule has 0 bridgehead atoms. The SMILES string of the molecule is Nc1sc2ccccc2[n+]1C(=O)OCc1ccccc1.[Br-]. The minimum atomic E-state index is -0.455. The molecule has 2 aromatic carbocycles. The first-order valence-corrected chi connectivity index (χ1v) is 6.97. The maximum Gasteiger partial charge on any atom is 0.513 e. The molecule has 0 aliphatic carbocycles. The highest BCUT2D eigenvalue weighted by atomic mass is 79.9. The Morgan fingerprint density at radius 3 is 2.52 bits per heavy atom. The average molecular weight is 365 g/mol. The van der Waals surface area contributed by atoms with Gasteiger partial charge in [-0.2, -0.15) is 4.79 Å². The summed E-state index contributed by atoms with van der Waals surface area (Å²) in [7, 11) is 0. The molecule has 6 heteroatoms. The predicted octanol–water partition coefficient (Wildman–Crippen LogP) is -0.0401. The number of halogens is 1. The van der Waals surface area contributed by atoms with Gasteiger partial charge in [0.05, 0.1) is 4.70 Å². The Labute approximate surface area is 136 Å². The maximum atomic E-state index is 12.2. The molecule has 0 unspecified atom stereocenters. The lowest BCUT2D eigenvalue weighted by atomic mass is 10.2. The minimum Gasteiger partial charge on any atom is -1.00 e. The third-order valence-corrected chi connectivity index (χ3v) is 3.89. The van der Waals surface area contributed by atoms with E-state index in [9.17, 15) is 4.79 Å². The molecular weight excluding hydrogens is 352 g/mol. The molecule has 0 fully saturated rings. The average Bonchev–Trinajstić information content (AvgIpc) is 2.82. The van der Waals surface area contributed by atoms with Crippen LogP contribution in [0.1, 0.15) is 5.56 Å². The lowest BCUT2D eigenvalue weighted by Gasteiger charge is -2.02. The normalized spacial score (nSPS) is 10.1. The number of hydrogen-bond acceptors (Lipinski definition) is 4. The summed E-state index contributed by atoms with van der Waals surface area (Å²) in [5.41, 5.74) is 7.62. The largest absolute Gasteiger partial charge is 1.00 e. The van der Waals surface area contributed by atoms with Crippen molar-refractivity contribution < 1.29 is 31.1 Å². The molecule has 0 atom stereocenters. The molecule has 4 nitrogen and oxygen atoms in total. The van der Waals surface area contributed by atoms with Crippen LogP contribution in [0, 0.1) is 0 Å². The van der Waals surface area contributed by atoms with E-state index in [1.807, 2.05) is 54.6 Å². The highest BCUT2D eigenvalue weighted by molar-refractivity contribution is 7.21. The zero-order valence-electron chi connectivity index (χ0n) is 11.0. The van der Waals surface area contributed by atoms with Crippen LogP contribution in [0.3, 0.4) is 0 Å². The van der Waals surface area contributed by atoms with Gasteiger partial charge in [0.1, 0.15) is 6.61 Å². The van der Waals surface area contributed by atoms with Gasteiger partial charge in [-0.3, -0.25) is 5.73 Å². The van der Waals surface area contributed by atoms with Crippen molar-refractivity contribution in [3.05, 3.63) is 60.2 Å². The van der Waals surface area contributed by atoms with Crippen molar-refractivity contribution in [2.24, 2.45) is 0 Å². The number of thiazole rings is 1. The zero-order valence-corrected chi connectivity index (χ0v) is 13.4. The van der Waals surface area contributed by atoms with Crippen LogP contribution in [-0.4, -0.2) is 6.09 Å². The highest BCUT2D eigenvalue weighted by Crippen LogP contribution is 2.21. The topological polar surface area (TPSA) is 56.2 Å². The molecule has 3 aromatic rings. The fraction of sp³-hybridized carbons (Fsp3) is 0.0667. The van der Waals surface area contributed by atoms with Gasteiger partial charge in [-0.05, 0) is 29.0 Å². The van der Waals surface area contributed by atoms with Gasteiger partial charge in [-0.25, -0.2) is 0 Å². The molecule has 2 N–H and O–H groups in total. The van der Waals surface area contributed by atoms with E-state index < -0.39 is 6.09 Å². The molecule has 1 aromatic heterocycles. The van der Waals surface area contributed by atoms with Gasteiger partial charge in [-0.1, -0.05) is 42.5 Å². The van der Waals surface area contributed by atoms with Crippen molar-refractivity contribution >= 4 is 32.8 Å². The number of rotatable bonds is 2. The summed E-state index contributed by atoms with van der Waals surface area (Å²) in [5.74, 6) is 0. The number of para-hydroxylation sites is 1. The molecule has 0 radical (unpaired) electrons. The molecular formula is C15H13BrN2O2S. The summed E-state index contributed by atoms with van der Waals surface area (Å²) in [5, 5.41) is 0.421. The molecule has 0 spiro atoms. The predicted molar refractivity (Wildman–Crippen MR) is 78.5 cm³/mol. The van der Waals surface area contributed by atoms with E-state index in [-0.39, 0.29) is 23.6 Å². The lowest BCUT2D eigenvalue weighted by molar-refractivity contribution is -0.539. The first-order valence-electron chi connectivity index (χ1n) is 6.16. The third-order valence-electron chi connectivity index (χ3n) is 2.93. The molecule has 108 valence electrons. The summed E-state index contributed by atoms with van der Waals surface area (Å²) in [6, 6.07) is 17.1. The Balaban J connectivity index is 0.00000161. The second-order valence-corrected chi connectivity index (χ2v) is 5.35. The van der Waals surface area contributed by atoms with E-state index in [0.717, 1.165) is 15.8 Å². The van der Waals surface area contributed by atoms with Crippen LogP contribution in [0.15, 0.2) is 54.6 Å². The van der Waals surface area contributed by atoms with Crippen LogP contribution in [0.2, 0.25) is 0 Å². The highest BCUT2D eigenvalue weighted by Gasteiger charge is 2.23. The molecule has 0 saturated carbocycles. The van der Waals surface area contributed by atoms with Crippen molar-refractivity contribution in [1.82, 2.24) is 0 Å². The van der Waals surface area contributed by atoms with Crippen LogP contribution in [-0.2, 0) is 11.3 Å². The second kappa shape index (κ2) is 6.69. The fourth-order valence-corrected chi connectivity index (χ4v) is 2.88. The summed E-state index contributed by atoms with van der Waals surface area (Å²) in [6.07, 6.45) is -0.455. The Morgan fingerprint density at radius 2 is 1.76 bits per heavy atom. The first kappa shape index (κ1) is 15.5.